The summed E-state index contributed by atoms with van der Waals surface area (Å²) >= 11 is 0. The number of fused-ring (bicyclic) bond motifs is 1. The van der Waals surface area contributed by atoms with Crippen LogP contribution in [0, 0.1) is 13.8 Å². The quantitative estimate of drug-likeness (QED) is 0.782. The highest BCUT2D eigenvalue weighted by atomic mass is 15.3. The topological polar surface area (TPSA) is 66.8 Å². The van der Waals surface area contributed by atoms with E-state index in [4.69, 9.17) is 4.98 Å². The number of rotatable bonds is 4. The van der Waals surface area contributed by atoms with E-state index in [0.717, 1.165) is 59.9 Å². The van der Waals surface area contributed by atoms with Gasteiger partial charge in [0.15, 0.2) is 5.82 Å². The number of anilines is 1. The number of nitrogens with zero attached hydrogens (tertiary/aromatic N) is 5. The second-order valence-corrected chi connectivity index (χ2v) is 6.94. The Morgan fingerprint density at radius 1 is 1.08 bits per heavy atom. The van der Waals surface area contributed by atoms with E-state index in [-0.39, 0.29) is 0 Å². The predicted octanol–water partition coefficient (Wildman–Crippen LogP) is 2.80. The summed E-state index contributed by atoms with van der Waals surface area (Å²) in [4.78, 5) is 11.7. The summed E-state index contributed by atoms with van der Waals surface area (Å²) in [5.74, 6) is 1.81. The van der Waals surface area contributed by atoms with Gasteiger partial charge in [0.1, 0.15) is 5.82 Å². The van der Waals surface area contributed by atoms with E-state index in [0.29, 0.717) is 12.6 Å². The number of piperidine rings is 1. The zero-order valence-electron chi connectivity index (χ0n) is 15.3. The van der Waals surface area contributed by atoms with Crippen LogP contribution < -0.4 is 10.2 Å². The molecule has 1 atom stereocenters. The van der Waals surface area contributed by atoms with Crippen LogP contribution in [-0.4, -0.2) is 39.3 Å². The predicted molar refractivity (Wildman–Crippen MR) is 103 cm³/mol. The number of aryl methyl sites for hydroxylation is 2. The molecule has 6 nitrogen and oxygen atoms in total. The van der Waals surface area contributed by atoms with Gasteiger partial charge in [0, 0.05) is 30.2 Å². The molecule has 2 aromatic heterocycles. The van der Waals surface area contributed by atoms with Crippen molar-refractivity contribution in [2.45, 2.75) is 39.3 Å². The van der Waals surface area contributed by atoms with Crippen LogP contribution in [0.2, 0.25) is 0 Å². The minimum Gasteiger partial charge on any atom is -0.354 e. The van der Waals surface area contributed by atoms with Crippen molar-refractivity contribution in [3.63, 3.8) is 0 Å². The van der Waals surface area contributed by atoms with Gasteiger partial charge in [0.25, 0.3) is 0 Å². The van der Waals surface area contributed by atoms with E-state index >= 15 is 0 Å². The minimum atomic E-state index is 0.405. The molecular weight excluding hydrogens is 324 g/mol. The lowest BCUT2D eigenvalue weighted by Crippen LogP contribution is -2.46. The highest BCUT2D eigenvalue weighted by molar-refractivity contribution is 5.80. The number of hydrogen-bond donors (Lipinski definition) is 1. The molecule has 0 unspecified atom stereocenters. The molecule has 3 aromatic rings. The smallest absolute Gasteiger partial charge is 0.151 e. The number of para-hydroxylation sites is 1. The molecule has 0 spiro atoms. The number of hydrogen-bond acceptors (Lipinski definition) is 6. The third-order valence-electron chi connectivity index (χ3n) is 4.92. The zero-order valence-corrected chi connectivity index (χ0v) is 15.3. The Morgan fingerprint density at radius 2 is 1.96 bits per heavy atom. The molecule has 1 aliphatic rings. The van der Waals surface area contributed by atoms with E-state index in [9.17, 15) is 0 Å². The molecule has 134 valence electrons. The Bertz CT molecular complexity index is 892. The first-order chi connectivity index (χ1) is 12.7. The monoisotopic (exact) mass is 348 g/mol. The van der Waals surface area contributed by atoms with Gasteiger partial charge in [0.05, 0.1) is 17.8 Å². The van der Waals surface area contributed by atoms with Crippen molar-refractivity contribution < 1.29 is 0 Å². The number of nitrogens with one attached hydrogen (secondary N) is 1. The number of aromatic nitrogens is 4. The standard InChI is InChI=1S/C20H24N6/c1-14-9-10-20(25-24-14)26-11-5-6-16(13-26)21-12-19-22-15(2)17-7-3-4-8-18(17)23-19/h3-4,7-10,16,21H,5-6,11-13H2,1-2H3/t16-/m0/s1. The third kappa shape index (κ3) is 3.65. The second kappa shape index (κ2) is 7.33. The maximum Gasteiger partial charge on any atom is 0.151 e. The molecule has 1 N–H and O–H groups in total. The molecule has 0 bridgehead atoms. The van der Waals surface area contributed by atoms with Gasteiger partial charge < -0.3 is 10.2 Å². The fourth-order valence-electron chi connectivity index (χ4n) is 3.52. The van der Waals surface area contributed by atoms with Gasteiger partial charge in [-0.1, -0.05) is 18.2 Å². The Morgan fingerprint density at radius 3 is 2.81 bits per heavy atom. The van der Waals surface area contributed by atoms with Gasteiger partial charge in [-0.15, -0.1) is 5.10 Å². The molecule has 3 heterocycles. The highest BCUT2D eigenvalue weighted by Crippen LogP contribution is 2.18. The van der Waals surface area contributed by atoms with Crippen molar-refractivity contribution >= 4 is 16.7 Å². The van der Waals surface area contributed by atoms with Gasteiger partial charge in [-0.3, -0.25) is 0 Å². The fraction of sp³-hybridized carbons (Fsp3) is 0.400. The largest absolute Gasteiger partial charge is 0.354 e. The lowest BCUT2D eigenvalue weighted by atomic mass is 10.1. The van der Waals surface area contributed by atoms with Crippen LogP contribution in [-0.2, 0) is 6.54 Å². The van der Waals surface area contributed by atoms with Crippen molar-refractivity contribution in [3.05, 3.63) is 53.6 Å². The van der Waals surface area contributed by atoms with Crippen molar-refractivity contribution in [2.75, 3.05) is 18.0 Å². The van der Waals surface area contributed by atoms with E-state index in [1.54, 1.807) is 0 Å². The lowest BCUT2D eigenvalue weighted by Gasteiger charge is -2.33. The third-order valence-corrected chi connectivity index (χ3v) is 4.92. The Kier molecular flexibility index (Phi) is 4.75. The van der Waals surface area contributed by atoms with Crippen LogP contribution in [0.5, 0.6) is 0 Å². The average molecular weight is 348 g/mol. The van der Waals surface area contributed by atoms with E-state index < -0.39 is 0 Å². The summed E-state index contributed by atoms with van der Waals surface area (Å²) in [5, 5.41) is 13.3. The summed E-state index contributed by atoms with van der Waals surface area (Å²) < 4.78 is 0. The average Bonchev–Trinajstić information content (AvgIpc) is 2.67. The fourth-order valence-corrected chi connectivity index (χ4v) is 3.52. The maximum absolute atomic E-state index is 4.70. The van der Waals surface area contributed by atoms with Crippen molar-refractivity contribution in [2.24, 2.45) is 0 Å². The molecule has 0 saturated carbocycles. The van der Waals surface area contributed by atoms with Gasteiger partial charge in [-0.2, -0.15) is 5.10 Å². The molecule has 4 rings (SSSR count). The summed E-state index contributed by atoms with van der Waals surface area (Å²) in [6, 6.07) is 12.7. The molecule has 0 aliphatic carbocycles. The molecule has 6 heteroatoms. The first-order valence-electron chi connectivity index (χ1n) is 9.20. The first kappa shape index (κ1) is 16.8. The van der Waals surface area contributed by atoms with Crippen molar-refractivity contribution in [3.8, 4) is 0 Å². The molecule has 0 amide bonds. The summed E-state index contributed by atoms with van der Waals surface area (Å²) in [5.41, 5.74) is 2.99. The summed E-state index contributed by atoms with van der Waals surface area (Å²) in [7, 11) is 0. The molecule has 26 heavy (non-hydrogen) atoms. The summed E-state index contributed by atoms with van der Waals surface area (Å²) in [6.07, 6.45) is 2.30. The van der Waals surface area contributed by atoms with Crippen LogP contribution in [0.25, 0.3) is 10.9 Å². The van der Waals surface area contributed by atoms with Crippen molar-refractivity contribution in [1.82, 2.24) is 25.5 Å². The molecule has 1 aromatic carbocycles. The van der Waals surface area contributed by atoms with Gasteiger partial charge in [-0.05, 0) is 44.9 Å². The number of benzene rings is 1. The molecule has 0 radical (unpaired) electrons. The minimum absolute atomic E-state index is 0.405. The Labute approximate surface area is 153 Å². The highest BCUT2D eigenvalue weighted by Gasteiger charge is 2.21. The van der Waals surface area contributed by atoms with Gasteiger partial charge in [0.2, 0.25) is 0 Å². The SMILES string of the molecule is Cc1ccc(N2CCC[C@H](NCc3nc(C)c4ccccc4n3)C2)nn1. The summed E-state index contributed by atoms with van der Waals surface area (Å²) in [6.45, 7) is 6.66. The van der Waals surface area contributed by atoms with E-state index in [1.165, 1.54) is 0 Å². The molecular formula is C20H24N6. The Hall–Kier alpha value is -2.60. The second-order valence-electron chi connectivity index (χ2n) is 6.94. The van der Waals surface area contributed by atoms with Crippen LogP contribution in [0.4, 0.5) is 5.82 Å². The van der Waals surface area contributed by atoms with Gasteiger partial charge in [-0.25, -0.2) is 9.97 Å². The molecule has 1 aliphatic heterocycles. The van der Waals surface area contributed by atoms with Crippen molar-refractivity contribution in [1.29, 1.82) is 0 Å². The van der Waals surface area contributed by atoms with Crippen LogP contribution in [0.3, 0.4) is 0 Å². The lowest BCUT2D eigenvalue weighted by molar-refractivity contribution is 0.415. The van der Waals surface area contributed by atoms with E-state index in [2.05, 4.69) is 37.5 Å². The van der Waals surface area contributed by atoms with Crippen LogP contribution in [0.15, 0.2) is 36.4 Å². The normalized spacial score (nSPS) is 17.6. The van der Waals surface area contributed by atoms with E-state index in [1.807, 2.05) is 38.1 Å². The Balaban J connectivity index is 1.42. The molecule has 1 saturated heterocycles. The maximum atomic E-state index is 4.70. The van der Waals surface area contributed by atoms with Crippen LogP contribution >= 0.6 is 0 Å². The molecule has 1 fully saturated rings. The zero-order chi connectivity index (χ0) is 17.9. The first-order valence-corrected chi connectivity index (χ1v) is 9.20. The van der Waals surface area contributed by atoms with Gasteiger partial charge >= 0.3 is 0 Å². The van der Waals surface area contributed by atoms with Crippen LogP contribution in [0.1, 0.15) is 30.1 Å².